The summed E-state index contributed by atoms with van der Waals surface area (Å²) in [6.07, 6.45) is 1.47. The second-order valence-corrected chi connectivity index (χ2v) is 2.77. The molecular weight excluding hydrogens is 156 g/mol. The molecule has 66 valence electrons. The molecule has 1 rings (SSSR count). The fourth-order valence-electron chi connectivity index (χ4n) is 0.989. The third-order valence-electron chi connectivity index (χ3n) is 1.59. The van der Waals surface area contributed by atoms with Gasteiger partial charge in [-0.15, -0.1) is 0 Å². The lowest BCUT2D eigenvalue weighted by Crippen LogP contribution is -2.28. The maximum atomic E-state index is 11.4. The van der Waals surface area contributed by atoms with Crippen LogP contribution in [0, 0.1) is 0 Å². The van der Waals surface area contributed by atoms with Gasteiger partial charge in [-0.05, 0) is 0 Å². The molecule has 1 heterocycles. The van der Waals surface area contributed by atoms with E-state index in [0.29, 0.717) is 11.4 Å². The van der Waals surface area contributed by atoms with Crippen LogP contribution in [0.2, 0.25) is 0 Å². The predicted molar refractivity (Wildman–Crippen MR) is 48.2 cm³/mol. The first-order valence-corrected chi connectivity index (χ1v) is 3.53. The summed E-state index contributed by atoms with van der Waals surface area (Å²) < 4.78 is 1.26. The molecule has 1 aromatic heterocycles. The van der Waals surface area contributed by atoms with Crippen molar-refractivity contribution in [3.05, 3.63) is 16.6 Å². The summed E-state index contributed by atoms with van der Waals surface area (Å²) in [4.78, 5) is 13.1. The van der Waals surface area contributed by atoms with E-state index < -0.39 is 0 Å². The minimum atomic E-state index is -0.181. The number of anilines is 2. The van der Waals surface area contributed by atoms with E-state index in [1.54, 1.807) is 26.0 Å². The number of hydrogen-bond acceptors (Lipinski definition) is 4. The maximum Gasteiger partial charge on any atom is 0.292 e. The summed E-state index contributed by atoms with van der Waals surface area (Å²) in [6.45, 7) is 0. The van der Waals surface area contributed by atoms with Gasteiger partial charge in [0.1, 0.15) is 5.69 Å². The fourth-order valence-corrected chi connectivity index (χ4v) is 0.989. The molecule has 0 atom stereocenters. The van der Waals surface area contributed by atoms with Crippen LogP contribution in [-0.2, 0) is 7.05 Å². The van der Waals surface area contributed by atoms with Crippen molar-refractivity contribution in [1.82, 2.24) is 9.78 Å². The number of rotatable bonds is 1. The Morgan fingerprint density at radius 1 is 1.58 bits per heavy atom. The predicted octanol–water partition coefficient (Wildman–Crippen LogP) is -0.572. The number of hydrogen-bond donors (Lipinski definition) is 1. The van der Waals surface area contributed by atoms with Gasteiger partial charge >= 0.3 is 0 Å². The lowest BCUT2D eigenvalue weighted by atomic mass is 10.4. The van der Waals surface area contributed by atoms with Gasteiger partial charge in [0.25, 0.3) is 5.56 Å². The van der Waals surface area contributed by atoms with Crippen LogP contribution < -0.4 is 16.2 Å². The third-order valence-corrected chi connectivity index (χ3v) is 1.59. The van der Waals surface area contributed by atoms with Crippen molar-refractivity contribution in [1.29, 1.82) is 0 Å². The molecule has 2 N–H and O–H groups in total. The summed E-state index contributed by atoms with van der Waals surface area (Å²) in [6, 6.07) is 0. The van der Waals surface area contributed by atoms with Gasteiger partial charge in [-0.1, -0.05) is 0 Å². The highest BCUT2D eigenvalue weighted by Gasteiger charge is 2.07. The van der Waals surface area contributed by atoms with Gasteiger partial charge in [-0.3, -0.25) is 4.79 Å². The highest BCUT2D eigenvalue weighted by atomic mass is 16.1. The molecule has 0 aromatic carbocycles. The molecule has 5 heteroatoms. The Bertz CT molecular complexity index is 342. The van der Waals surface area contributed by atoms with Crippen LogP contribution in [0.15, 0.2) is 11.0 Å². The molecule has 5 nitrogen and oxygen atoms in total. The topological polar surface area (TPSA) is 64.2 Å². The number of nitrogens with two attached hydrogens (primary N) is 1. The molecule has 0 unspecified atom stereocenters. The minimum absolute atomic E-state index is 0.181. The number of aromatic nitrogens is 2. The van der Waals surface area contributed by atoms with Gasteiger partial charge in [0, 0.05) is 21.1 Å². The SMILES string of the molecule is CN(C)c1c(N)cnn(C)c1=O. The Kier molecular flexibility index (Phi) is 2.03. The van der Waals surface area contributed by atoms with Crippen LogP contribution in [0.3, 0.4) is 0 Å². The molecule has 0 aliphatic rings. The summed E-state index contributed by atoms with van der Waals surface area (Å²) in [5, 5.41) is 3.77. The van der Waals surface area contributed by atoms with Gasteiger partial charge < -0.3 is 10.6 Å². The molecule has 12 heavy (non-hydrogen) atoms. The van der Waals surface area contributed by atoms with Gasteiger partial charge in [0.15, 0.2) is 0 Å². The van der Waals surface area contributed by atoms with Crippen LogP contribution in [0.4, 0.5) is 11.4 Å². The van der Waals surface area contributed by atoms with E-state index in [1.807, 2.05) is 0 Å². The summed E-state index contributed by atoms with van der Waals surface area (Å²) in [7, 11) is 5.13. The highest BCUT2D eigenvalue weighted by molar-refractivity contribution is 5.63. The zero-order valence-corrected chi connectivity index (χ0v) is 7.40. The molecule has 1 aromatic rings. The minimum Gasteiger partial charge on any atom is -0.396 e. The normalized spacial score (nSPS) is 9.92. The van der Waals surface area contributed by atoms with Crippen LogP contribution in [-0.4, -0.2) is 23.9 Å². The molecule has 0 saturated carbocycles. The van der Waals surface area contributed by atoms with E-state index in [0.717, 1.165) is 0 Å². The van der Waals surface area contributed by atoms with Gasteiger partial charge in [0.05, 0.1) is 11.9 Å². The number of nitrogen functional groups attached to an aromatic ring is 1. The average Bonchev–Trinajstić information content (AvgIpc) is 1.97. The monoisotopic (exact) mass is 168 g/mol. The lowest BCUT2D eigenvalue weighted by molar-refractivity contribution is 0.706. The van der Waals surface area contributed by atoms with Crippen LogP contribution in [0.25, 0.3) is 0 Å². The standard InChI is InChI=1S/C7H12N4O/c1-10(2)6-5(8)4-9-11(3)7(6)12/h4H,8H2,1-3H3. The highest BCUT2D eigenvalue weighted by Crippen LogP contribution is 2.12. The molecule has 0 aliphatic heterocycles. The van der Waals surface area contributed by atoms with Crippen molar-refractivity contribution in [3.8, 4) is 0 Å². The van der Waals surface area contributed by atoms with E-state index in [1.165, 1.54) is 10.9 Å². The molecular formula is C7H12N4O. The van der Waals surface area contributed by atoms with Gasteiger partial charge in [-0.25, -0.2) is 4.68 Å². The van der Waals surface area contributed by atoms with Crippen molar-refractivity contribution in [2.75, 3.05) is 24.7 Å². The molecule has 0 aliphatic carbocycles. The van der Waals surface area contributed by atoms with E-state index in [4.69, 9.17) is 5.73 Å². The quantitative estimate of drug-likeness (QED) is 0.610. The van der Waals surface area contributed by atoms with Gasteiger partial charge in [0.2, 0.25) is 0 Å². The van der Waals surface area contributed by atoms with Crippen molar-refractivity contribution in [2.45, 2.75) is 0 Å². The van der Waals surface area contributed by atoms with E-state index >= 15 is 0 Å². The largest absolute Gasteiger partial charge is 0.396 e. The molecule has 0 saturated heterocycles. The average molecular weight is 168 g/mol. The maximum absolute atomic E-state index is 11.4. The first-order chi connectivity index (χ1) is 5.54. The van der Waals surface area contributed by atoms with Crippen LogP contribution in [0.1, 0.15) is 0 Å². The second-order valence-electron chi connectivity index (χ2n) is 2.77. The Morgan fingerprint density at radius 2 is 2.17 bits per heavy atom. The van der Waals surface area contributed by atoms with Crippen LogP contribution in [0.5, 0.6) is 0 Å². The first-order valence-electron chi connectivity index (χ1n) is 3.53. The molecule has 0 fully saturated rings. The number of nitrogens with zero attached hydrogens (tertiary/aromatic N) is 3. The summed E-state index contributed by atoms with van der Waals surface area (Å²) >= 11 is 0. The van der Waals surface area contributed by atoms with Crippen molar-refractivity contribution >= 4 is 11.4 Å². The zero-order valence-electron chi connectivity index (χ0n) is 7.40. The molecule has 0 radical (unpaired) electrons. The Hall–Kier alpha value is -1.52. The number of aryl methyl sites for hydroxylation is 1. The van der Waals surface area contributed by atoms with E-state index in [-0.39, 0.29) is 5.56 Å². The van der Waals surface area contributed by atoms with Gasteiger partial charge in [-0.2, -0.15) is 5.10 Å². The van der Waals surface area contributed by atoms with Crippen LogP contribution >= 0.6 is 0 Å². The summed E-state index contributed by atoms with van der Waals surface area (Å²) in [5.74, 6) is 0. The Morgan fingerprint density at radius 3 is 2.58 bits per heavy atom. The second kappa shape index (κ2) is 2.84. The Balaban J connectivity index is 3.44. The van der Waals surface area contributed by atoms with Crippen molar-refractivity contribution < 1.29 is 0 Å². The van der Waals surface area contributed by atoms with E-state index in [9.17, 15) is 4.79 Å². The third kappa shape index (κ3) is 1.25. The molecule has 0 spiro atoms. The lowest BCUT2D eigenvalue weighted by Gasteiger charge is -2.13. The van der Waals surface area contributed by atoms with Crippen molar-refractivity contribution in [3.63, 3.8) is 0 Å². The van der Waals surface area contributed by atoms with Crippen molar-refractivity contribution in [2.24, 2.45) is 7.05 Å². The van der Waals surface area contributed by atoms with E-state index in [2.05, 4.69) is 5.10 Å². The molecule has 0 bridgehead atoms. The smallest absolute Gasteiger partial charge is 0.292 e. The first kappa shape index (κ1) is 8.58. The fraction of sp³-hybridized carbons (Fsp3) is 0.429. The Labute approximate surface area is 70.4 Å². The summed E-state index contributed by atoms with van der Waals surface area (Å²) in [5.41, 5.74) is 6.28. The zero-order chi connectivity index (χ0) is 9.30. The molecule has 0 amide bonds.